The maximum Gasteiger partial charge on any atom is 0.293 e. The normalized spacial score (nSPS) is 15.1. The van der Waals surface area contributed by atoms with Crippen LogP contribution in [0.25, 0.3) is 17.0 Å². The molecule has 0 unspecified atom stereocenters. The molecule has 2 amide bonds. The molecule has 4 nitrogen and oxygen atoms in total. The fraction of sp³-hybridized carbons (Fsp3) is 0.0769. The van der Waals surface area contributed by atoms with E-state index in [-0.39, 0.29) is 16.8 Å². The van der Waals surface area contributed by atoms with Gasteiger partial charge in [-0.15, -0.1) is 0 Å². The molecule has 2 heterocycles. The van der Waals surface area contributed by atoms with Crippen molar-refractivity contribution in [2.45, 2.75) is 13.1 Å². The number of amides is 2. The van der Waals surface area contributed by atoms with E-state index in [2.05, 4.69) is 4.57 Å². The minimum Gasteiger partial charge on any atom is -0.342 e. The van der Waals surface area contributed by atoms with Crippen LogP contribution in [0.3, 0.4) is 0 Å². The Morgan fingerprint density at radius 3 is 2.47 bits per heavy atom. The van der Waals surface area contributed by atoms with E-state index in [0.717, 1.165) is 38.7 Å². The molecule has 0 N–H and O–H groups in total. The van der Waals surface area contributed by atoms with E-state index >= 15 is 0 Å². The molecule has 0 spiro atoms. The highest BCUT2D eigenvalue weighted by molar-refractivity contribution is 8.18. The van der Waals surface area contributed by atoms with E-state index < -0.39 is 11.7 Å². The summed E-state index contributed by atoms with van der Waals surface area (Å²) in [4.78, 5) is 27.1. The van der Waals surface area contributed by atoms with Crippen LogP contribution in [-0.4, -0.2) is 20.6 Å². The predicted molar refractivity (Wildman–Crippen MR) is 135 cm³/mol. The molecule has 5 rings (SSSR count). The van der Waals surface area contributed by atoms with E-state index in [9.17, 15) is 14.0 Å². The Kier molecular flexibility index (Phi) is 6.21. The first kappa shape index (κ1) is 22.7. The standard InChI is InChI=1S/C26H17Cl2FN2O2S/c27-19-8-5-16(6-9-19)13-30-14-18(21-3-1-2-4-23(21)30)11-24-25(32)31(26(33)34-24)15-17-7-10-20(29)12-22(17)28/h1-12,14H,13,15H2/b24-11+. The zero-order valence-corrected chi connectivity index (χ0v) is 20.0. The molecule has 170 valence electrons. The van der Waals surface area contributed by atoms with Crippen molar-refractivity contribution in [3.8, 4) is 0 Å². The quantitative estimate of drug-likeness (QED) is 0.263. The van der Waals surface area contributed by atoms with E-state index in [1.165, 1.54) is 18.2 Å². The molecular weight excluding hydrogens is 494 g/mol. The summed E-state index contributed by atoms with van der Waals surface area (Å²) in [5.41, 5.74) is 3.45. The molecular formula is C26H17Cl2FN2O2S. The van der Waals surface area contributed by atoms with Crippen LogP contribution in [0, 0.1) is 5.82 Å². The van der Waals surface area contributed by atoms with Gasteiger partial charge in [-0.1, -0.05) is 59.6 Å². The number of benzene rings is 3. The van der Waals surface area contributed by atoms with Gasteiger partial charge >= 0.3 is 0 Å². The number of carbonyl (C=O) groups is 2. The topological polar surface area (TPSA) is 42.3 Å². The average Bonchev–Trinajstić information content (AvgIpc) is 3.29. The molecule has 0 atom stereocenters. The second-order valence-corrected chi connectivity index (χ2v) is 9.70. The molecule has 1 aromatic heterocycles. The third-order valence-corrected chi connectivity index (χ3v) is 7.10. The lowest BCUT2D eigenvalue weighted by Crippen LogP contribution is -2.27. The van der Waals surface area contributed by atoms with Gasteiger partial charge in [0.25, 0.3) is 11.1 Å². The summed E-state index contributed by atoms with van der Waals surface area (Å²) >= 11 is 13.0. The zero-order valence-electron chi connectivity index (χ0n) is 17.7. The van der Waals surface area contributed by atoms with E-state index in [1.807, 2.05) is 54.7 Å². The van der Waals surface area contributed by atoms with Crippen LogP contribution in [0.5, 0.6) is 0 Å². The summed E-state index contributed by atoms with van der Waals surface area (Å²) in [5, 5.41) is 1.44. The fourth-order valence-corrected chi connectivity index (χ4v) is 5.09. The van der Waals surface area contributed by atoms with Crippen LogP contribution >= 0.6 is 35.0 Å². The number of fused-ring (bicyclic) bond motifs is 1. The fourth-order valence-electron chi connectivity index (χ4n) is 3.91. The third kappa shape index (κ3) is 4.49. The summed E-state index contributed by atoms with van der Waals surface area (Å²) < 4.78 is 15.5. The van der Waals surface area contributed by atoms with Crippen molar-refractivity contribution in [3.05, 3.63) is 110 Å². The van der Waals surface area contributed by atoms with Gasteiger partial charge in [-0.3, -0.25) is 14.5 Å². The predicted octanol–water partition coefficient (Wildman–Crippen LogP) is 7.37. The van der Waals surface area contributed by atoms with Crippen molar-refractivity contribution in [3.63, 3.8) is 0 Å². The van der Waals surface area contributed by atoms with Gasteiger partial charge in [0.2, 0.25) is 0 Å². The van der Waals surface area contributed by atoms with Crippen molar-refractivity contribution in [2.24, 2.45) is 0 Å². The van der Waals surface area contributed by atoms with Crippen LogP contribution in [-0.2, 0) is 17.9 Å². The molecule has 3 aromatic carbocycles. The number of nitrogens with zero attached hydrogens (tertiary/aromatic N) is 2. The smallest absolute Gasteiger partial charge is 0.293 e. The summed E-state index contributed by atoms with van der Waals surface area (Å²) in [5.74, 6) is -0.873. The van der Waals surface area contributed by atoms with Gasteiger partial charge in [-0.05, 0) is 59.3 Å². The Bertz CT molecular complexity index is 1460. The monoisotopic (exact) mass is 510 g/mol. The summed E-state index contributed by atoms with van der Waals surface area (Å²) in [7, 11) is 0. The zero-order chi connectivity index (χ0) is 23.8. The molecule has 0 aliphatic carbocycles. The van der Waals surface area contributed by atoms with Gasteiger partial charge in [-0.2, -0.15) is 0 Å². The summed E-state index contributed by atoms with van der Waals surface area (Å²) in [6.45, 7) is 0.621. The maximum atomic E-state index is 13.4. The number of thioether (sulfide) groups is 1. The minimum atomic E-state index is -0.474. The van der Waals surface area contributed by atoms with Crippen LogP contribution < -0.4 is 0 Å². The van der Waals surface area contributed by atoms with Crippen LogP contribution in [0.4, 0.5) is 9.18 Å². The van der Waals surface area contributed by atoms with Crippen LogP contribution in [0.15, 0.2) is 77.8 Å². The van der Waals surface area contributed by atoms with Crippen molar-refractivity contribution < 1.29 is 14.0 Å². The number of aromatic nitrogens is 1. The van der Waals surface area contributed by atoms with E-state index in [0.29, 0.717) is 22.0 Å². The van der Waals surface area contributed by atoms with Crippen molar-refractivity contribution in [1.82, 2.24) is 9.47 Å². The maximum absolute atomic E-state index is 13.4. The lowest BCUT2D eigenvalue weighted by atomic mass is 10.1. The summed E-state index contributed by atoms with van der Waals surface area (Å²) in [6.07, 6.45) is 3.72. The van der Waals surface area contributed by atoms with Crippen molar-refractivity contribution in [2.75, 3.05) is 0 Å². The van der Waals surface area contributed by atoms with Gasteiger partial charge < -0.3 is 4.57 Å². The van der Waals surface area contributed by atoms with E-state index in [1.54, 1.807) is 6.08 Å². The molecule has 4 aromatic rings. The van der Waals surface area contributed by atoms with Gasteiger partial charge in [0.1, 0.15) is 5.82 Å². The first-order chi connectivity index (χ1) is 16.4. The summed E-state index contributed by atoms with van der Waals surface area (Å²) in [6, 6.07) is 19.5. The van der Waals surface area contributed by atoms with Crippen molar-refractivity contribution >= 4 is 63.1 Å². The first-order valence-corrected chi connectivity index (χ1v) is 12.0. The molecule has 1 fully saturated rings. The van der Waals surface area contributed by atoms with Crippen LogP contribution in [0.1, 0.15) is 16.7 Å². The highest BCUT2D eigenvalue weighted by Crippen LogP contribution is 2.36. The minimum absolute atomic E-state index is 0.0144. The van der Waals surface area contributed by atoms with Crippen molar-refractivity contribution in [1.29, 1.82) is 0 Å². The number of carbonyl (C=O) groups excluding carboxylic acids is 2. The Labute approximate surface area is 209 Å². The lowest BCUT2D eigenvalue weighted by molar-refractivity contribution is -0.123. The second kappa shape index (κ2) is 9.29. The molecule has 8 heteroatoms. The number of hydrogen-bond acceptors (Lipinski definition) is 3. The van der Waals surface area contributed by atoms with Gasteiger partial charge in [0.15, 0.2) is 0 Å². The number of imide groups is 1. The number of para-hydroxylation sites is 1. The molecule has 0 bridgehead atoms. The number of hydrogen-bond donors (Lipinski definition) is 0. The second-order valence-electron chi connectivity index (χ2n) is 7.86. The Hall–Kier alpha value is -3.06. The highest BCUT2D eigenvalue weighted by atomic mass is 35.5. The molecule has 34 heavy (non-hydrogen) atoms. The SMILES string of the molecule is O=C1S/C(=C/c2cn(Cc3ccc(Cl)cc3)c3ccccc23)C(=O)N1Cc1ccc(F)cc1Cl. The first-order valence-electron chi connectivity index (χ1n) is 10.4. The molecule has 1 aliphatic heterocycles. The Morgan fingerprint density at radius 1 is 0.941 bits per heavy atom. The lowest BCUT2D eigenvalue weighted by Gasteiger charge is -2.13. The van der Waals surface area contributed by atoms with Gasteiger partial charge in [0, 0.05) is 39.3 Å². The average molecular weight is 511 g/mol. The van der Waals surface area contributed by atoms with Gasteiger partial charge in [0.05, 0.1) is 11.4 Å². The van der Waals surface area contributed by atoms with Gasteiger partial charge in [-0.25, -0.2) is 4.39 Å². The Balaban J connectivity index is 1.45. The van der Waals surface area contributed by atoms with E-state index in [4.69, 9.17) is 23.2 Å². The third-order valence-electron chi connectivity index (χ3n) is 5.59. The highest BCUT2D eigenvalue weighted by Gasteiger charge is 2.35. The number of rotatable bonds is 5. The van der Waals surface area contributed by atoms with Crippen LogP contribution in [0.2, 0.25) is 10.0 Å². The largest absolute Gasteiger partial charge is 0.342 e. The molecule has 1 saturated heterocycles. The Morgan fingerprint density at radius 2 is 1.71 bits per heavy atom. The number of halogens is 3. The molecule has 0 radical (unpaired) electrons. The molecule has 0 saturated carbocycles. The molecule has 1 aliphatic rings.